The Morgan fingerprint density at radius 2 is 2.00 bits per heavy atom. The number of benzene rings is 1. The average molecular weight is 288 g/mol. The van der Waals surface area contributed by atoms with Gasteiger partial charge in [-0.1, -0.05) is 18.2 Å². The van der Waals surface area contributed by atoms with E-state index in [0.29, 0.717) is 18.7 Å². The Bertz CT molecular complexity index is 617. The van der Waals surface area contributed by atoms with E-state index in [1.807, 2.05) is 35.0 Å². The van der Waals surface area contributed by atoms with E-state index in [1.165, 1.54) is 0 Å². The van der Waals surface area contributed by atoms with Gasteiger partial charge >= 0.3 is 0 Å². The van der Waals surface area contributed by atoms with Crippen molar-refractivity contribution >= 4 is 17.2 Å². The highest BCUT2D eigenvalue weighted by atomic mass is 16.5. The third-order valence-corrected chi connectivity index (χ3v) is 3.93. The molecule has 2 heterocycles. The Morgan fingerprint density at radius 3 is 2.76 bits per heavy atom. The molecule has 1 fully saturated rings. The van der Waals surface area contributed by atoms with Crippen LogP contribution in [-0.2, 0) is 11.3 Å². The number of nitrogens with zero attached hydrogens (tertiary/aromatic N) is 2. The van der Waals surface area contributed by atoms with Crippen molar-refractivity contribution in [3.8, 4) is 0 Å². The van der Waals surface area contributed by atoms with Crippen molar-refractivity contribution in [2.45, 2.75) is 12.6 Å². The number of carbonyl (C=O) groups is 1. The van der Waals surface area contributed by atoms with Gasteiger partial charge in [-0.2, -0.15) is 0 Å². The summed E-state index contributed by atoms with van der Waals surface area (Å²) in [4.78, 5) is 13.3. The number of aliphatic hydroxyl groups excluding tert-OH is 1. The van der Waals surface area contributed by atoms with E-state index >= 15 is 0 Å². The highest BCUT2D eigenvalue weighted by Crippen LogP contribution is 2.20. The lowest BCUT2D eigenvalue weighted by atomic mass is 10.2. The molecule has 1 aliphatic rings. The number of aliphatic hydroxyl groups is 1. The summed E-state index contributed by atoms with van der Waals surface area (Å²) in [6.45, 7) is 4.31. The molecule has 0 saturated carbocycles. The maximum atomic E-state index is 11.1. The number of fused-ring (bicyclic) bond motifs is 1. The molecule has 0 unspecified atom stereocenters. The number of ether oxygens (including phenoxy) is 1. The molecule has 1 saturated heterocycles. The van der Waals surface area contributed by atoms with E-state index < -0.39 is 6.10 Å². The van der Waals surface area contributed by atoms with Crippen LogP contribution in [0.5, 0.6) is 0 Å². The van der Waals surface area contributed by atoms with Crippen LogP contribution in [-0.4, -0.2) is 59.8 Å². The van der Waals surface area contributed by atoms with E-state index in [4.69, 9.17) is 4.74 Å². The molecule has 0 bridgehead atoms. The summed E-state index contributed by atoms with van der Waals surface area (Å²) >= 11 is 0. The third kappa shape index (κ3) is 3.15. The van der Waals surface area contributed by atoms with Gasteiger partial charge in [0.2, 0.25) is 0 Å². The van der Waals surface area contributed by atoms with Gasteiger partial charge in [0.05, 0.1) is 19.3 Å². The molecule has 2 aromatic rings. The SMILES string of the molecule is O=Cc1cn(C[C@@H](O)CN2CCOCC2)c2ccccc12. The zero-order valence-corrected chi connectivity index (χ0v) is 11.9. The second-order valence-corrected chi connectivity index (χ2v) is 5.44. The molecule has 1 N–H and O–H groups in total. The van der Waals surface area contributed by atoms with Crippen molar-refractivity contribution in [1.82, 2.24) is 9.47 Å². The number of rotatable bonds is 5. The quantitative estimate of drug-likeness (QED) is 0.839. The first-order valence-corrected chi connectivity index (χ1v) is 7.29. The summed E-state index contributed by atoms with van der Waals surface area (Å²) in [5.41, 5.74) is 1.66. The van der Waals surface area contributed by atoms with Gasteiger partial charge in [0.25, 0.3) is 0 Å². The first-order valence-electron chi connectivity index (χ1n) is 7.29. The number of aldehydes is 1. The van der Waals surface area contributed by atoms with Crippen LogP contribution in [0.15, 0.2) is 30.5 Å². The van der Waals surface area contributed by atoms with Gasteiger partial charge in [0, 0.05) is 48.8 Å². The second kappa shape index (κ2) is 6.39. The number of hydrogen-bond acceptors (Lipinski definition) is 4. The summed E-state index contributed by atoms with van der Waals surface area (Å²) in [5.74, 6) is 0. The molecular formula is C16H20N2O3. The Hall–Kier alpha value is -1.69. The van der Waals surface area contributed by atoms with Gasteiger partial charge in [-0.05, 0) is 6.07 Å². The lowest BCUT2D eigenvalue weighted by Gasteiger charge is -2.28. The van der Waals surface area contributed by atoms with Crippen LogP contribution < -0.4 is 0 Å². The van der Waals surface area contributed by atoms with Crippen molar-refractivity contribution in [1.29, 1.82) is 0 Å². The molecule has 3 rings (SSSR count). The highest BCUT2D eigenvalue weighted by Gasteiger charge is 2.16. The van der Waals surface area contributed by atoms with Crippen molar-refractivity contribution < 1.29 is 14.6 Å². The van der Waals surface area contributed by atoms with Crippen LogP contribution in [0.25, 0.3) is 10.9 Å². The minimum atomic E-state index is -0.460. The van der Waals surface area contributed by atoms with E-state index in [0.717, 1.165) is 43.5 Å². The monoisotopic (exact) mass is 288 g/mol. The maximum absolute atomic E-state index is 11.1. The molecule has 0 aliphatic carbocycles. The standard InChI is InChI=1S/C16H20N2O3/c19-12-13-9-18(16-4-2-1-3-15(13)16)11-14(20)10-17-5-7-21-8-6-17/h1-4,9,12,14,20H,5-8,10-11H2/t14-/m0/s1. The first kappa shape index (κ1) is 14.3. The minimum absolute atomic E-state index is 0.460. The normalized spacial score (nSPS) is 18.0. The molecule has 0 spiro atoms. The van der Waals surface area contributed by atoms with Crippen LogP contribution in [0.4, 0.5) is 0 Å². The van der Waals surface area contributed by atoms with Crippen LogP contribution >= 0.6 is 0 Å². The number of β-amino-alcohol motifs (C(OH)–C–C–N with tert-alkyl or cyclic N) is 1. The van der Waals surface area contributed by atoms with Crippen molar-refractivity contribution in [2.75, 3.05) is 32.8 Å². The van der Waals surface area contributed by atoms with E-state index in [2.05, 4.69) is 4.90 Å². The van der Waals surface area contributed by atoms with Gasteiger partial charge in [0.1, 0.15) is 0 Å². The fourth-order valence-electron chi connectivity index (χ4n) is 2.89. The Morgan fingerprint density at radius 1 is 1.24 bits per heavy atom. The zero-order valence-electron chi connectivity index (χ0n) is 11.9. The van der Waals surface area contributed by atoms with Crippen LogP contribution in [0.2, 0.25) is 0 Å². The van der Waals surface area contributed by atoms with Gasteiger partial charge in [0.15, 0.2) is 6.29 Å². The second-order valence-electron chi connectivity index (χ2n) is 5.44. The highest BCUT2D eigenvalue weighted by molar-refractivity contribution is 5.97. The van der Waals surface area contributed by atoms with Crippen LogP contribution in [0.3, 0.4) is 0 Å². The minimum Gasteiger partial charge on any atom is -0.390 e. The van der Waals surface area contributed by atoms with Crippen molar-refractivity contribution in [2.24, 2.45) is 0 Å². The smallest absolute Gasteiger partial charge is 0.152 e. The predicted molar refractivity (Wildman–Crippen MR) is 80.6 cm³/mol. The number of aromatic nitrogens is 1. The van der Waals surface area contributed by atoms with Gasteiger partial charge in [-0.3, -0.25) is 9.69 Å². The van der Waals surface area contributed by atoms with E-state index in [1.54, 1.807) is 0 Å². The van der Waals surface area contributed by atoms with Crippen LogP contribution in [0.1, 0.15) is 10.4 Å². The van der Waals surface area contributed by atoms with E-state index in [9.17, 15) is 9.90 Å². The third-order valence-electron chi connectivity index (χ3n) is 3.93. The summed E-state index contributed by atoms with van der Waals surface area (Å²) in [6, 6.07) is 7.78. The molecule has 5 nitrogen and oxygen atoms in total. The van der Waals surface area contributed by atoms with Gasteiger partial charge in [-0.15, -0.1) is 0 Å². The molecule has 5 heteroatoms. The Labute approximate surface area is 123 Å². The van der Waals surface area contributed by atoms with Crippen LogP contribution in [0, 0.1) is 0 Å². The Kier molecular flexibility index (Phi) is 4.34. The first-order chi connectivity index (χ1) is 10.3. The molecule has 0 amide bonds. The lowest BCUT2D eigenvalue weighted by molar-refractivity contribution is 0.0117. The molecule has 112 valence electrons. The molecular weight excluding hydrogens is 268 g/mol. The van der Waals surface area contributed by atoms with Gasteiger partial charge < -0.3 is 14.4 Å². The maximum Gasteiger partial charge on any atom is 0.152 e. The molecule has 1 aromatic heterocycles. The van der Waals surface area contributed by atoms with Gasteiger partial charge in [-0.25, -0.2) is 0 Å². The summed E-state index contributed by atoms with van der Waals surface area (Å²) in [7, 11) is 0. The van der Waals surface area contributed by atoms with E-state index in [-0.39, 0.29) is 0 Å². The lowest BCUT2D eigenvalue weighted by Crippen LogP contribution is -2.41. The summed E-state index contributed by atoms with van der Waals surface area (Å²) in [5, 5.41) is 11.2. The van der Waals surface area contributed by atoms with Crippen molar-refractivity contribution in [3.63, 3.8) is 0 Å². The fourth-order valence-corrected chi connectivity index (χ4v) is 2.89. The zero-order chi connectivity index (χ0) is 14.7. The summed E-state index contributed by atoms with van der Waals surface area (Å²) < 4.78 is 7.27. The number of para-hydroxylation sites is 1. The topological polar surface area (TPSA) is 54.7 Å². The summed E-state index contributed by atoms with van der Waals surface area (Å²) in [6.07, 6.45) is 2.23. The molecule has 0 radical (unpaired) electrons. The average Bonchev–Trinajstić information content (AvgIpc) is 2.86. The van der Waals surface area contributed by atoms with Crippen molar-refractivity contribution in [3.05, 3.63) is 36.0 Å². The number of hydrogen-bond donors (Lipinski definition) is 1. The predicted octanol–water partition coefficient (Wildman–Crippen LogP) is 1.15. The molecule has 1 aromatic carbocycles. The number of carbonyl (C=O) groups excluding carboxylic acids is 1. The largest absolute Gasteiger partial charge is 0.390 e. The molecule has 21 heavy (non-hydrogen) atoms. The molecule has 1 atom stereocenters. The Balaban J connectivity index is 1.73. The fraction of sp³-hybridized carbons (Fsp3) is 0.438. The molecule has 1 aliphatic heterocycles. The number of morpholine rings is 1.